The zero-order valence-corrected chi connectivity index (χ0v) is 13.6. The molecule has 0 aliphatic rings. The largest absolute Gasteiger partial charge is 0.307 e. The molecule has 4 nitrogen and oxygen atoms in total. The Hall–Kier alpha value is -2.11. The van der Waals surface area contributed by atoms with E-state index >= 15 is 0 Å². The Bertz CT molecular complexity index is 1090. The van der Waals surface area contributed by atoms with Gasteiger partial charge in [0.1, 0.15) is 5.65 Å². The van der Waals surface area contributed by atoms with E-state index in [-0.39, 0.29) is 4.87 Å². The van der Waals surface area contributed by atoms with Crippen LogP contribution in [0.3, 0.4) is 0 Å². The first kappa shape index (κ1) is 13.5. The fraction of sp³-hybridized carbons (Fsp3) is 0.125. The first-order valence-electron chi connectivity index (χ1n) is 6.79. The number of aromatic nitrogens is 3. The molecule has 1 aromatic carbocycles. The van der Waals surface area contributed by atoms with E-state index in [0.29, 0.717) is 5.02 Å². The van der Waals surface area contributed by atoms with Gasteiger partial charge in [-0.2, -0.15) is 0 Å². The molecule has 0 saturated heterocycles. The molecule has 4 rings (SSSR count). The summed E-state index contributed by atoms with van der Waals surface area (Å²) in [5.74, 6) is 0. The number of aryl methyl sites for hydroxylation is 2. The molecule has 110 valence electrons. The van der Waals surface area contributed by atoms with Crippen LogP contribution in [0.2, 0.25) is 5.02 Å². The number of imidazole rings is 1. The van der Waals surface area contributed by atoms with Crippen LogP contribution in [0.1, 0.15) is 5.69 Å². The third kappa shape index (κ3) is 1.90. The lowest BCUT2D eigenvalue weighted by Crippen LogP contribution is -2.06. The zero-order valence-electron chi connectivity index (χ0n) is 12.0. The maximum Gasteiger partial charge on any atom is 0.307 e. The molecular weight excluding hydrogens is 318 g/mol. The number of hydrogen-bond donors (Lipinski definition) is 0. The van der Waals surface area contributed by atoms with Gasteiger partial charge in [-0.05, 0) is 31.2 Å². The molecule has 0 saturated carbocycles. The maximum absolute atomic E-state index is 11.8. The van der Waals surface area contributed by atoms with E-state index in [2.05, 4.69) is 4.98 Å². The minimum absolute atomic E-state index is 0.0469. The average molecular weight is 330 g/mol. The number of benzene rings is 1. The van der Waals surface area contributed by atoms with Crippen molar-refractivity contribution in [2.75, 3.05) is 0 Å². The Labute approximate surface area is 135 Å². The summed E-state index contributed by atoms with van der Waals surface area (Å²) in [6.45, 7) is 2.02. The highest BCUT2D eigenvalue weighted by molar-refractivity contribution is 7.16. The molecule has 0 atom stereocenters. The molecule has 22 heavy (non-hydrogen) atoms. The van der Waals surface area contributed by atoms with E-state index < -0.39 is 0 Å². The van der Waals surface area contributed by atoms with Crippen molar-refractivity contribution in [3.63, 3.8) is 0 Å². The van der Waals surface area contributed by atoms with Gasteiger partial charge in [0.2, 0.25) is 0 Å². The molecule has 0 aliphatic carbocycles. The number of fused-ring (bicyclic) bond motifs is 2. The summed E-state index contributed by atoms with van der Waals surface area (Å²) in [6, 6.07) is 9.74. The Morgan fingerprint density at radius 1 is 1.23 bits per heavy atom. The summed E-state index contributed by atoms with van der Waals surface area (Å²) in [6.07, 6.45) is 1.86. The van der Waals surface area contributed by atoms with E-state index in [9.17, 15) is 4.79 Å². The van der Waals surface area contributed by atoms with Crippen LogP contribution in [-0.4, -0.2) is 14.0 Å². The van der Waals surface area contributed by atoms with Gasteiger partial charge in [0.15, 0.2) is 0 Å². The van der Waals surface area contributed by atoms with Crippen LogP contribution < -0.4 is 4.87 Å². The van der Waals surface area contributed by atoms with Crippen molar-refractivity contribution in [1.82, 2.24) is 14.0 Å². The predicted molar refractivity (Wildman–Crippen MR) is 91.0 cm³/mol. The van der Waals surface area contributed by atoms with Gasteiger partial charge in [0.05, 0.1) is 20.9 Å². The van der Waals surface area contributed by atoms with Crippen LogP contribution in [0.15, 0.2) is 41.3 Å². The van der Waals surface area contributed by atoms with Crippen molar-refractivity contribution in [2.45, 2.75) is 6.92 Å². The second-order valence-corrected chi connectivity index (χ2v) is 6.66. The summed E-state index contributed by atoms with van der Waals surface area (Å²) in [5.41, 5.74) is 4.72. The van der Waals surface area contributed by atoms with E-state index in [1.807, 2.05) is 47.9 Å². The summed E-state index contributed by atoms with van der Waals surface area (Å²) < 4.78 is 4.64. The van der Waals surface area contributed by atoms with Crippen molar-refractivity contribution in [1.29, 1.82) is 0 Å². The molecule has 0 amide bonds. The highest BCUT2D eigenvalue weighted by Crippen LogP contribution is 2.28. The Kier molecular flexibility index (Phi) is 2.89. The topological polar surface area (TPSA) is 39.3 Å². The van der Waals surface area contributed by atoms with Crippen molar-refractivity contribution in [2.24, 2.45) is 7.05 Å². The number of halogens is 1. The van der Waals surface area contributed by atoms with Gasteiger partial charge in [0.25, 0.3) is 0 Å². The van der Waals surface area contributed by atoms with E-state index in [4.69, 9.17) is 11.6 Å². The van der Waals surface area contributed by atoms with Crippen molar-refractivity contribution < 1.29 is 0 Å². The van der Waals surface area contributed by atoms with Crippen LogP contribution in [0.25, 0.3) is 27.1 Å². The average Bonchev–Trinajstić information content (AvgIpc) is 2.98. The van der Waals surface area contributed by atoms with Gasteiger partial charge >= 0.3 is 4.87 Å². The van der Waals surface area contributed by atoms with Gasteiger partial charge in [-0.25, -0.2) is 4.98 Å². The smallest absolute Gasteiger partial charge is 0.302 e. The summed E-state index contributed by atoms with van der Waals surface area (Å²) >= 11 is 7.32. The second-order valence-electron chi connectivity index (χ2n) is 5.23. The molecule has 0 fully saturated rings. The Morgan fingerprint density at radius 3 is 2.86 bits per heavy atom. The Balaban J connectivity index is 2.00. The summed E-state index contributed by atoms with van der Waals surface area (Å²) in [4.78, 5) is 16.5. The molecule has 0 N–H and O–H groups in total. The van der Waals surface area contributed by atoms with E-state index in [0.717, 1.165) is 32.8 Å². The standard InChI is InChI=1S/C16H12ClN3OS/c1-9-15(18-14-6-4-11(17)8-20(9)14)10-3-5-13-12(7-10)19(2)16(21)22-13/h3-8H,1-2H3. The van der Waals surface area contributed by atoms with Gasteiger partial charge < -0.3 is 8.97 Å². The van der Waals surface area contributed by atoms with Gasteiger partial charge in [0, 0.05) is 24.5 Å². The maximum atomic E-state index is 11.8. The highest BCUT2D eigenvalue weighted by Gasteiger charge is 2.13. The van der Waals surface area contributed by atoms with Crippen molar-refractivity contribution >= 4 is 38.8 Å². The number of hydrogen-bond acceptors (Lipinski definition) is 3. The lowest BCUT2D eigenvalue weighted by molar-refractivity contribution is 0.939. The molecule has 0 unspecified atom stereocenters. The van der Waals surface area contributed by atoms with Crippen LogP contribution >= 0.6 is 22.9 Å². The van der Waals surface area contributed by atoms with Crippen LogP contribution in [0.5, 0.6) is 0 Å². The molecule has 6 heteroatoms. The van der Waals surface area contributed by atoms with Crippen molar-refractivity contribution in [3.8, 4) is 11.3 Å². The monoisotopic (exact) mass is 329 g/mol. The molecule has 3 heterocycles. The number of pyridine rings is 1. The highest BCUT2D eigenvalue weighted by atomic mass is 35.5. The molecular formula is C16H12ClN3OS. The third-order valence-corrected chi connectivity index (χ3v) is 5.12. The molecule has 4 aromatic rings. The fourth-order valence-electron chi connectivity index (χ4n) is 2.68. The molecule has 0 bridgehead atoms. The summed E-state index contributed by atoms with van der Waals surface area (Å²) in [5, 5.41) is 0.676. The van der Waals surface area contributed by atoms with Crippen LogP contribution in [0, 0.1) is 6.92 Å². The lowest BCUT2D eigenvalue weighted by Gasteiger charge is -2.01. The number of rotatable bonds is 1. The predicted octanol–water partition coefficient (Wildman–Crippen LogP) is 3.88. The molecule has 3 aromatic heterocycles. The minimum atomic E-state index is 0.0469. The molecule has 0 spiro atoms. The third-order valence-electron chi connectivity index (χ3n) is 3.89. The van der Waals surface area contributed by atoms with Crippen molar-refractivity contribution in [3.05, 3.63) is 56.9 Å². The summed E-state index contributed by atoms with van der Waals surface area (Å²) in [7, 11) is 1.79. The van der Waals surface area contributed by atoms with E-state index in [1.165, 1.54) is 11.3 Å². The number of nitrogens with zero attached hydrogens (tertiary/aromatic N) is 3. The lowest BCUT2D eigenvalue weighted by atomic mass is 10.1. The first-order chi connectivity index (χ1) is 10.5. The quantitative estimate of drug-likeness (QED) is 0.531. The molecule has 0 radical (unpaired) electrons. The fourth-order valence-corrected chi connectivity index (χ4v) is 3.70. The minimum Gasteiger partial charge on any atom is -0.302 e. The van der Waals surface area contributed by atoms with Gasteiger partial charge in [-0.1, -0.05) is 29.0 Å². The molecule has 0 aliphatic heterocycles. The normalized spacial score (nSPS) is 11.6. The first-order valence-corrected chi connectivity index (χ1v) is 7.98. The zero-order chi connectivity index (χ0) is 15.4. The van der Waals surface area contributed by atoms with Crippen LogP contribution in [-0.2, 0) is 7.05 Å². The van der Waals surface area contributed by atoms with E-state index in [1.54, 1.807) is 11.6 Å². The van der Waals surface area contributed by atoms with Gasteiger partial charge in [-0.3, -0.25) is 4.79 Å². The van der Waals surface area contributed by atoms with Gasteiger partial charge in [-0.15, -0.1) is 0 Å². The second kappa shape index (κ2) is 4.69. The Morgan fingerprint density at radius 2 is 2.05 bits per heavy atom. The van der Waals surface area contributed by atoms with Crippen LogP contribution in [0.4, 0.5) is 0 Å². The SMILES string of the molecule is Cc1c(-c2ccc3sc(=O)n(C)c3c2)nc2ccc(Cl)cn12. The number of thiazole rings is 1.